The normalized spacial score (nSPS) is 13.6. The summed E-state index contributed by atoms with van der Waals surface area (Å²) in [6.07, 6.45) is 0.946. The van der Waals surface area contributed by atoms with Crippen LogP contribution in [0.4, 0.5) is 5.69 Å². The summed E-state index contributed by atoms with van der Waals surface area (Å²) in [5.74, 6) is 0.761. The van der Waals surface area contributed by atoms with Gasteiger partial charge in [0.2, 0.25) is 5.75 Å². The van der Waals surface area contributed by atoms with Gasteiger partial charge in [-0.3, -0.25) is 10.1 Å². The van der Waals surface area contributed by atoms with Crippen LogP contribution in [-0.4, -0.2) is 25.3 Å². The first kappa shape index (κ1) is 43.2. The van der Waals surface area contributed by atoms with Crippen LogP contribution in [0, 0.1) is 10.1 Å². The van der Waals surface area contributed by atoms with E-state index >= 15 is 0 Å². The van der Waals surface area contributed by atoms with Gasteiger partial charge in [-0.25, -0.2) is 0 Å². The number of fused-ring (bicyclic) bond motifs is 8. The molecular formula is C51H61NO7. The number of hydrogen-bond acceptors (Lipinski definition) is 7. The van der Waals surface area contributed by atoms with Crippen LogP contribution in [0.15, 0.2) is 66.7 Å². The standard InChI is InChI=1S/C51H61NO7/c1-48(2,3)38-20-30-16-32-22-39(49(4,5)6)24-34(45(32)55)18-36-26-41(51(10,11)12)27-37(47(36)59-43-14-13-29(28-53)15-42(43)52(57)58)19-35-25-40(50(7,8)9)23-33(46(35)56)17-31(21-38)44(30)54/h13-15,20-27,53-56H,16-19,28H2,1-12H3. The van der Waals surface area contributed by atoms with Gasteiger partial charge < -0.3 is 25.2 Å². The highest BCUT2D eigenvalue weighted by molar-refractivity contribution is 5.61. The number of nitro groups is 1. The Morgan fingerprint density at radius 1 is 0.508 bits per heavy atom. The highest BCUT2D eigenvalue weighted by Crippen LogP contribution is 2.45. The van der Waals surface area contributed by atoms with Crippen molar-refractivity contribution in [1.29, 1.82) is 0 Å². The van der Waals surface area contributed by atoms with Gasteiger partial charge in [-0.2, -0.15) is 0 Å². The summed E-state index contributed by atoms with van der Waals surface area (Å²) in [6.45, 7) is 25.2. The van der Waals surface area contributed by atoms with E-state index in [4.69, 9.17) is 4.74 Å². The molecule has 0 heterocycles. The van der Waals surface area contributed by atoms with Gasteiger partial charge in [-0.15, -0.1) is 0 Å². The zero-order valence-electron chi connectivity index (χ0n) is 36.8. The molecule has 4 N–H and O–H groups in total. The van der Waals surface area contributed by atoms with E-state index in [0.717, 1.165) is 22.3 Å². The SMILES string of the molecule is CC(C)(C)c1cc2c(O)c(c1)Cc1cc(C(C)(C)C)cc(c1O)Cc1cc(C(C)(C)C)cc(c1Oc1ccc(CO)cc1[N+](=O)[O-])Cc1cc(C(C)(C)C)cc(c1O)C2. The third-order valence-electron chi connectivity index (χ3n) is 11.6. The third-order valence-corrected chi connectivity index (χ3v) is 11.6. The van der Waals surface area contributed by atoms with Gasteiger partial charge in [-0.1, -0.05) is 138 Å². The third kappa shape index (κ3) is 9.13. The molecule has 0 fully saturated rings. The van der Waals surface area contributed by atoms with Crippen molar-refractivity contribution in [3.63, 3.8) is 0 Å². The summed E-state index contributed by atoms with van der Waals surface area (Å²) in [6, 6.07) is 20.7. The molecule has 0 amide bonds. The monoisotopic (exact) mass is 799 g/mol. The maximum atomic E-state index is 12.5. The molecular weight excluding hydrogens is 739 g/mol. The average Bonchev–Trinajstić information content (AvgIpc) is 3.11. The lowest BCUT2D eigenvalue weighted by Crippen LogP contribution is -2.16. The molecule has 0 saturated carbocycles. The Kier molecular flexibility index (Phi) is 11.3. The predicted octanol–water partition coefficient (Wildman–Crippen LogP) is 11.9. The molecule has 8 heteroatoms. The number of nitrogens with zero attached hydrogens (tertiary/aromatic N) is 1. The van der Waals surface area contributed by atoms with Crippen molar-refractivity contribution in [3.8, 4) is 28.7 Å². The number of phenols is 3. The molecule has 0 radical (unpaired) electrons. The van der Waals surface area contributed by atoms with Gasteiger partial charge in [0.25, 0.3) is 0 Å². The highest BCUT2D eigenvalue weighted by atomic mass is 16.6. The summed E-state index contributed by atoms with van der Waals surface area (Å²) in [5, 5.41) is 59.0. The van der Waals surface area contributed by atoms with Gasteiger partial charge in [-0.05, 0) is 100 Å². The fourth-order valence-electron chi connectivity index (χ4n) is 7.79. The summed E-state index contributed by atoms with van der Waals surface area (Å²) in [4.78, 5) is 12.0. The number of benzene rings is 5. The Balaban J connectivity index is 1.75. The van der Waals surface area contributed by atoms with Crippen LogP contribution >= 0.6 is 0 Å². The second-order valence-corrected chi connectivity index (χ2v) is 20.6. The minimum atomic E-state index is -0.513. The molecule has 0 saturated heterocycles. The molecule has 59 heavy (non-hydrogen) atoms. The summed E-state index contributed by atoms with van der Waals surface area (Å²) in [5.41, 5.74) is 8.37. The van der Waals surface area contributed by atoms with E-state index in [-0.39, 0.29) is 82.6 Å². The quantitative estimate of drug-likeness (QED) is 0.103. The van der Waals surface area contributed by atoms with Crippen molar-refractivity contribution >= 4 is 5.69 Å². The number of aliphatic hydroxyl groups is 1. The molecule has 8 bridgehead atoms. The minimum Gasteiger partial charge on any atom is -0.507 e. The number of ether oxygens (including phenoxy) is 1. The largest absolute Gasteiger partial charge is 0.507 e. The van der Waals surface area contributed by atoms with Crippen molar-refractivity contribution in [1.82, 2.24) is 0 Å². The fourth-order valence-corrected chi connectivity index (χ4v) is 7.79. The first-order chi connectivity index (χ1) is 27.2. The predicted molar refractivity (Wildman–Crippen MR) is 236 cm³/mol. The second kappa shape index (κ2) is 15.4. The number of aromatic hydroxyl groups is 3. The summed E-state index contributed by atoms with van der Waals surface area (Å²) in [7, 11) is 0. The van der Waals surface area contributed by atoms with Crippen molar-refractivity contribution < 1.29 is 30.1 Å². The topological polar surface area (TPSA) is 133 Å². The van der Waals surface area contributed by atoms with E-state index in [1.807, 2.05) is 36.4 Å². The first-order valence-electron chi connectivity index (χ1n) is 20.5. The number of nitro benzene ring substituents is 1. The van der Waals surface area contributed by atoms with Crippen molar-refractivity contribution in [2.75, 3.05) is 0 Å². The Labute approximate surface area is 349 Å². The zero-order chi connectivity index (χ0) is 43.6. The summed E-state index contributed by atoms with van der Waals surface area (Å²) < 4.78 is 6.74. The van der Waals surface area contributed by atoms with Crippen LogP contribution in [0.3, 0.4) is 0 Å². The van der Waals surface area contributed by atoms with Gasteiger partial charge in [0.1, 0.15) is 23.0 Å². The van der Waals surface area contributed by atoms with Crippen LogP contribution in [0.5, 0.6) is 28.7 Å². The molecule has 8 nitrogen and oxygen atoms in total. The summed E-state index contributed by atoms with van der Waals surface area (Å²) >= 11 is 0. The smallest absolute Gasteiger partial charge is 0.311 e. The zero-order valence-corrected chi connectivity index (χ0v) is 36.8. The van der Waals surface area contributed by atoms with E-state index in [2.05, 4.69) is 95.2 Å². The lowest BCUT2D eigenvalue weighted by Gasteiger charge is -2.27. The Morgan fingerprint density at radius 3 is 1.07 bits per heavy atom. The van der Waals surface area contributed by atoms with E-state index in [0.29, 0.717) is 55.8 Å². The van der Waals surface area contributed by atoms with Crippen molar-refractivity contribution in [2.24, 2.45) is 0 Å². The molecule has 5 aromatic rings. The maximum Gasteiger partial charge on any atom is 0.311 e. The van der Waals surface area contributed by atoms with Crippen LogP contribution in [0.1, 0.15) is 155 Å². The Hall–Kier alpha value is -5.34. The van der Waals surface area contributed by atoms with Crippen LogP contribution < -0.4 is 4.74 Å². The van der Waals surface area contributed by atoms with E-state index in [1.54, 1.807) is 6.07 Å². The number of aliphatic hydroxyl groups excluding tert-OH is 1. The number of phenolic OH excluding ortho intramolecular Hbond substituents is 3. The lowest BCUT2D eigenvalue weighted by atomic mass is 9.79. The molecule has 0 spiro atoms. The minimum absolute atomic E-state index is 0.0120. The van der Waals surface area contributed by atoms with Crippen LogP contribution in [-0.2, 0) is 54.0 Å². The Bertz CT molecular complexity index is 2330. The molecule has 6 rings (SSSR count). The molecule has 312 valence electrons. The van der Waals surface area contributed by atoms with Gasteiger partial charge in [0.15, 0.2) is 0 Å². The van der Waals surface area contributed by atoms with Crippen molar-refractivity contribution in [2.45, 2.75) is 137 Å². The first-order valence-corrected chi connectivity index (χ1v) is 20.5. The molecule has 5 aromatic carbocycles. The van der Waals surface area contributed by atoms with E-state index < -0.39 is 4.92 Å². The van der Waals surface area contributed by atoms with Crippen molar-refractivity contribution in [3.05, 3.63) is 149 Å². The average molecular weight is 800 g/mol. The second-order valence-electron chi connectivity index (χ2n) is 20.6. The highest BCUT2D eigenvalue weighted by Gasteiger charge is 2.29. The van der Waals surface area contributed by atoms with Crippen LogP contribution in [0.25, 0.3) is 0 Å². The van der Waals surface area contributed by atoms with Gasteiger partial charge in [0, 0.05) is 31.7 Å². The molecule has 1 aliphatic rings. The maximum absolute atomic E-state index is 12.5. The fraction of sp³-hybridized carbons (Fsp3) is 0.412. The van der Waals surface area contributed by atoms with Crippen LogP contribution in [0.2, 0.25) is 0 Å². The molecule has 0 aliphatic heterocycles. The number of rotatable bonds is 4. The Morgan fingerprint density at radius 2 is 0.797 bits per heavy atom. The lowest BCUT2D eigenvalue weighted by molar-refractivity contribution is -0.385. The van der Waals surface area contributed by atoms with E-state index in [9.17, 15) is 30.5 Å². The molecule has 0 atom stereocenters. The molecule has 0 aromatic heterocycles. The van der Waals surface area contributed by atoms with E-state index in [1.165, 1.54) is 12.1 Å². The number of hydrogen-bond donors (Lipinski definition) is 4. The molecule has 0 unspecified atom stereocenters. The van der Waals surface area contributed by atoms with Gasteiger partial charge in [0.05, 0.1) is 11.5 Å². The molecule has 1 aliphatic carbocycles. The van der Waals surface area contributed by atoms with Gasteiger partial charge >= 0.3 is 5.69 Å².